The zero-order valence-electron chi connectivity index (χ0n) is 10.7. The minimum Gasteiger partial charge on any atom is -0.279 e. The van der Waals surface area contributed by atoms with Gasteiger partial charge < -0.3 is 0 Å². The van der Waals surface area contributed by atoms with E-state index in [0.717, 1.165) is 11.3 Å². The maximum absolute atomic E-state index is 12.2. The number of nitrogens with one attached hydrogen (secondary N) is 2. The van der Waals surface area contributed by atoms with E-state index >= 15 is 0 Å². The van der Waals surface area contributed by atoms with Crippen LogP contribution in [0.1, 0.15) is 0 Å². The van der Waals surface area contributed by atoms with E-state index in [0.29, 0.717) is 4.47 Å². The predicted molar refractivity (Wildman–Crippen MR) is 85.5 cm³/mol. The number of hydrogen-bond donors (Lipinski definition) is 2. The van der Waals surface area contributed by atoms with Gasteiger partial charge in [0.05, 0.1) is 4.90 Å². The largest absolute Gasteiger partial charge is 0.279 e. The summed E-state index contributed by atoms with van der Waals surface area (Å²) in [4.78, 5) is 0.0604. The van der Waals surface area contributed by atoms with Crippen molar-refractivity contribution in [1.29, 1.82) is 0 Å². The van der Waals surface area contributed by atoms with E-state index < -0.39 is 20.0 Å². The molecule has 0 radical (unpaired) electrons. The highest BCUT2D eigenvalue weighted by atomic mass is 79.9. The first kappa shape index (κ1) is 16.4. The van der Waals surface area contributed by atoms with Gasteiger partial charge in [0.25, 0.3) is 10.0 Å². The summed E-state index contributed by atoms with van der Waals surface area (Å²) in [5.41, 5.74) is 0.283. The summed E-state index contributed by atoms with van der Waals surface area (Å²) in [6.45, 7) is 0. The highest BCUT2D eigenvalue weighted by Crippen LogP contribution is 2.29. The summed E-state index contributed by atoms with van der Waals surface area (Å²) >= 11 is 4.25. The number of thiophene rings is 1. The molecule has 0 aliphatic carbocycles. The Bertz CT molecular complexity index is 842. The van der Waals surface area contributed by atoms with Crippen LogP contribution in [0.4, 0.5) is 5.69 Å². The van der Waals surface area contributed by atoms with E-state index in [4.69, 9.17) is 0 Å². The second kappa shape index (κ2) is 6.05. The molecule has 2 rings (SSSR count). The molecule has 21 heavy (non-hydrogen) atoms. The van der Waals surface area contributed by atoms with Crippen molar-refractivity contribution in [3.8, 4) is 0 Å². The third-order valence-corrected chi connectivity index (χ3v) is 8.00. The van der Waals surface area contributed by atoms with Crippen molar-refractivity contribution in [3.63, 3.8) is 0 Å². The van der Waals surface area contributed by atoms with E-state index in [-0.39, 0.29) is 14.8 Å². The monoisotopic (exact) mass is 410 g/mol. The average molecular weight is 411 g/mol. The molecule has 0 saturated carbocycles. The Labute approximate surface area is 135 Å². The van der Waals surface area contributed by atoms with Crippen LogP contribution in [0.15, 0.2) is 49.3 Å². The molecule has 114 valence electrons. The van der Waals surface area contributed by atoms with Gasteiger partial charge in [-0.25, -0.2) is 21.6 Å². The van der Waals surface area contributed by atoms with Crippen LogP contribution in [0, 0.1) is 0 Å². The highest BCUT2D eigenvalue weighted by Gasteiger charge is 2.19. The van der Waals surface area contributed by atoms with Gasteiger partial charge in [0.15, 0.2) is 4.21 Å². The van der Waals surface area contributed by atoms with Crippen molar-refractivity contribution in [2.24, 2.45) is 0 Å². The SMILES string of the molecule is CNS(=O)(=O)c1ccc(NS(=O)(=O)c2sccc2Br)cc1. The van der Waals surface area contributed by atoms with Gasteiger partial charge in [-0.15, -0.1) is 11.3 Å². The van der Waals surface area contributed by atoms with Crippen LogP contribution in [-0.4, -0.2) is 23.9 Å². The highest BCUT2D eigenvalue weighted by molar-refractivity contribution is 9.10. The molecule has 0 saturated heterocycles. The molecule has 10 heteroatoms. The quantitative estimate of drug-likeness (QED) is 0.789. The minimum absolute atomic E-state index is 0.0604. The molecule has 1 aromatic carbocycles. The lowest BCUT2D eigenvalue weighted by atomic mass is 10.3. The summed E-state index contributed by atoms with van der Waals surface area (Å²) < 4.78 is 52.7. The van der Waals surface area contributed by atoms with Crippen LogP contribution in [0.3, 0.4) is 0 Å². The second-order valence-electron chi connectivity index (χ2n) is 3.89. The molecule has 0 bridgehead atoms. The van der Waals surface area contributed by atoms with E-state index in [1.54, 1.807) is 11.4 Å². The molecule has 0 spiro atoms. The summed E-state index contributed by atoms with van der Waals surface area (Å²) in [5, 5.41) is 1.65. The van der Waals surface area contributed by atoms with Gasteiger partial charge >= 0.3 is 0 Å². The van der Waals surface area contributed by atoms with Gasteiger partial charge in [-0.2, -0.15) is 0 Å². The number of benzene rings is 1. The molecule has 1 aromatic heterocycles. The van der Waals surface area contributed by atoms with Crippen LogP contribution in [0.2, 0.25) is 0 Å². The third kappa shape index (κ3) is 3.64. The molecular weight excluding hydrogens is 400 g/mol. The first-order chi connectivity index (χ1) is 9.76. The Morgan fingerprint density at radius 3 is 2.10 bits per heavy atom. The Morgan fingerprint density at radius 2 is 1.62 bits per heavy atom. The second-order valence-corrected chi connectivity index (χ2v) is 9.43. The zero-order valence-corrected chi connectivity index (χ0v) is 14.7. The van der Waals surface area contributed by atoms with Crippen LogP contribution in [0.25, 0.3) is 0 Å². The summed E-state index contributed by atoms with van der Waals surface area (Å²) in [6, 6.07) is 7.08. The number of anilines is 1. The lowest BCUT2D eigenvalue weighted by Gasteiger charge is -2.08. The molecule has 2 aromatic rings. The average Bonchev–Trinajstić information content (AvgIpc) is 2.86. The van der Waals surface area contributed by atoms with Crippen LogP contribution in [-0.2, 0) is 20.0 Å². The Morgan fingerprint density at radius 1 is 1.00 bits per heavy atom. The number of halogens is 1. The van der Waals surface area contributed by atoms with Crippen molar-refractivity contribution in [2.75, 3.05) is 11.8 Å². The number of rotatable bonds is 5. The van der Waals surface area contributed by atoms with E-state index in [9.17, 15) is 16.8 Å². The standard InChI is InChI=1S/C11H11BrN2O4S3/c1-13-20(15,16)9-4-2-8(3-5-9)14-21(17,18)11-10(12)6-7-19-11/h2-7,13-14H,1H3. The molecule has 1 heterocycles. The Balaban J connectivity index is 2.28. The lowest BCUT2D eigenvalue weighted by Crippen LogP contribution is -2.18. The van der Waals surface area contributed by atoms with Gasteiger partial charge in [0.2, 0.25) is 10.0 Å². The van der Waals surface area contributed by atoms with Crippen LogP contribution in [0.5, 0.6) is 0 Å². The first-order valence-corrected chi connectivity index (χ1v) is 10.2. The van der Waals surface area contributed by atoms with Gasteiger partial charge in [-0.3, -0.25) is 4.72 Å². The third-order valence-electron chi connectivity index (χ3n) is 2.51. The number of hydrogen-bond acceptors (Lipinski definition) is 5. The van der Waals surface area contributed by atoms with E-state index in [2.05, 4.69) is 25.4 Å². The Kier molecular flexibility index (Phi) is 4.73. The Hall–Kier alpha value is -0.940. The first-order valence-electron chi connectivity index (χ1n) is 5.56. The van der Waals surface area contributed by atoms with Crippen molar-refractivity contribution in [2.45, 2.75) is 9.10 Å². The zero-order chi connectivity index (χ0) is 15.7. The summed E-state index contributed by atoms with van der Waals surface area (Å²) in [7, 11) is -5.93. The summed E-state index contributed by atoms with van der Waals surface area (Å²) in [6.07, 6.45) is 0. The van der Waals surface area contributed by atoms with Crippen LogP contribution < -0.4 is 9.44 Å². The molecule has 0 aliphatic heterocycles. The molecule has 0 aliphatic rings. The molecule has 0 amide bonds. The van der Waals surface area contributed by atoms with Gasteiger partial charge in [-0.05, 0) is 58.7 Å². The van der Waals surface area contributed by atoms with E-state index in [1.165, 1.54) is 31.3 Å². The normalized spacial score (nSPS) is 12.3. The van der Waals surface area contributed by atoms with Crippen molar-refractivity contribution in [3.05, 3.63) is 40.2 Å². The van der Waals surface area contributed by atoms with Gasteiger partial charge in [-0.1, -0.05) is 0 Å². The molecule has 0 fully saturated rings. The maximum Gasteiger partial charge on any atom is 0.272 e. The maximum atomic E-state index is 12.2. The predicted octanol–water partition coefficient (Wildman–Crippen LogP) is 2.22. The molecule has 6 nitrogen and oxygen atoms in total. The topological polar surface area (TPSA) is 92.3 Å². The van der Waals surface area contributed by atoms with Gasteiger partial charge in [0.1, 0.15) is 0 Å². The minimum atomic E-state index is -3.70. The van der Waals surface area contributed by atoms with E-state index in [1.807, 2.05) is 0 Å². The molecule has 0 unspecified atom stereocenters. The molecular formula is C11H11BrN2O4S3. The fourth-order valence-corrected chi connectivity index (χ4v) is 5.62. The van der Waals surface area contributed by atoms with Crippen molar-refractivity contribution in [1.82, 2.24) is 4.72 Å². The number of sulfonamides is 2. The molecule has 2 N–H and O–H groups in total. The van der Waals surface area contributed by atoms with Crippen molar-refractivity contribution < 1.29 is 16.8 Å². The fraction of sp³-hybridized carbons (Fsp3) is 0.0909. The van der Waals surface area contributed by atoms with Gasteiger partial charge in [0, 0.05) is 10.2 Å². The smallest absolute Gasteiger partial charge is 0.272 e. The lowest BCUT2D eigenvalue weighted by molar-refractivity contribution is 0.588. The van der Waals surface area contributed by atoms with Crippen LogP contribution >= 0.6 is 27.3 Å². The van der Waals surface area contributed by atoms with Crippen molar-refractivity contribution >= 4 is 53.0 Å². The summed E-state index contributed by atoms with van der Waals surface area (Å²) in [5.74, 6) is 0. The fourth-order valence-electron chi connectivity index (χ4n) is 1.49. The molecule has 0 atom stereocenters.